The maximum Gasteiger partial charge on any atom is 0.262 e. The molecule has 2 aliphatic heterocycles. The minimum Gasteiger partial charge on any atom is -0.356 e. The lowest BCUT2D eigenvalue weighted by Crippen LogP contribution is -2.24. The zero-order chi connectivity index (χ0) is 20.0. The predicted octanol–water partition coefficient (Wildman–Crippen LogP) is 3.20. The third-order valence-corrected chi connectivity index (χ3v) is 5.76. The molecule has 1 atom stereocenters. The summed E-state index contributed by atoms with van der Waals surface area (Å²) < 4.78 is 15.1. The molecule has 1 fully saturated rings. The molecule has 0 N–H and O–H groups in total. The number of fused-ring (bicyclic) bond motifs is 1. The van der Waals surface area contributed by atoms with Gasteiger partial charge in [0.1, 0.15) is 11.6 Å². The molecule has 0 aromatic carbocycles. The summed E-state index contributed by atoms with van der Waals surface area (Å²) in [4.78, 5) is 25.0. The van der Waals surface area contributed by atoms with Crippen molar-refractivity contribution in [2.45, 2.75) is 26.3 Å². The van der Waals surface area contributed by atoms with Gasteiger partial charge in [-0.15, -0.1) is 0 Å². The SMILES string of the molecule is CC[C@H]1CCN(c2ccc(-n3cc4c(n3)CN(c3cncc(F)c3)C4=O)cn2)C1. The van der Waals surface area contributed by atoms with E-state index in [2.05, 4.69) is 26.9 Å². The van der Waals surface area contributed by atoms with Gasteiger partial charge in [-0.3, -0.25) is 9.78 Å². The molecule has 29 heavy (non-hydrogen) atoms. The molecule has 0 radical (unpaired) electrons. The van der Waals surface area contributed by atoms with Crippen LogP contribution in [0.25, 0.3) is 5.69 Å². The molecule has 5 heterocycles. The molecule has 2 aliphatic rings. The number of hydrogen-bond donors (Lipinski definition) is 0. The van der Waals surface area contributed by atoms with Crippen molar-refractivity contribution in [3.63, 3.8) is 0 Å². The second-order valence-electron chi connectivity index (χ2n) is 7.57. The van der Waals surface area contributed by atoms with E-state index in [1.54, 1.807) is 17.1 Å². The van der Waals surface area contributed by atoms with Crippen LogP contribution >= 0.6 is 0 Å². The summed E-state index contributed by atoms with van der Waals surface area (Å²) >= 11 is 0. The van der Waals surface area contributed by atoms with Crippen molar-refractivity contribution in [2.24, 2.45) is 5.92 Å². The van der Waals surface area contributed by atoms with Gasteiger partial charge in [-0.2, -0.15) is 5.10 Å². The largest absolute Gasteiger partial charge is 0.356 e. The number of nitrogens with zero attached hydrogens (tertiary/aromatic N) is 6. The van der Waals surface area contributed by atoms with Crippen molar-refractivity contribution in [1.82, 2.24) is 19.7 Å². The van der Waals surface area contributed by atoms with E-state index in [1.807, 2.05) is 12.1 Å². The van der Waals surface area contributed by atoms with Crippen LogP contribution in [0, 0.1) is 11.7 Å². The molecular weight excluding hydrogens is 371 g/mol. The van der Waals surface area contributed by atoms with E-state index in [4.69, 9.17) is 0 Å². The number of carbonyl (C=O) groups excluding carboxylic acids is 1. The van der Waals surface area contributed by atoms with E-state index >= 15 is 0 Å². The molecule has 5 rings (SSSR count). The topological polar surface area (TPSA) is 67.2 Å². The monoisotopic (exact) mass is 392 g/mol. The van der Waals surface area contributed by atoms with Crippen molar-refractivity contribution in [3.8, 4) is 5.69 Å². The number of aromatic nitrogens is 4. The quantitative estimate of drug-likeness (QED) is 0.682. The van der Waals surface area contributed by atoms with E-state index in [0.717, 1.165) is 36.7 Å². The van der Waals surface area contributed by atoms with Crippen LogP contribution < -0.4 is 9.80 Å². The highest BCUT2D eigenvalue weighted by molar-refractivity contribution is 6.09. The predicted molar refractivity (Wildman–Crippen MR) is 107 cm³/mol. The van der Waals surface area contributed by atoms with Crippen molar-refractivity contribution in [3.05, 3.63) is 60.1 Å². The van der Waals surface area contributed by atoms with E-state index in [-0.39, 0.29) is 5.91 Å². The Morgan fingerprint density at radius 2 is 2.10 bits per heavy atom. The number of amides is 1. The Hall–Kier alpha value is -3.29. The molecule has 1 saturated heterocycles. The van der Waals surface area contributed by atoms with Crippen molar-refractivity contribution < 1.29 is 9.18 Å². The van der Waals surface area contributed by atoms with Crippen LogP contribution in [0.5, 0.6) is 0 Å². The highest BCUT2D eigenvalue weighted by atomic mass is 19.1. The molecule has 7 nitrogen and oxygen atoms in total. The fraction of sp³-hybridized carbons (Fsp3) is 0.333. The first-order chi connectivity index (χ1) is 14.1. The zero-order valence-electron chi connectivity index (χ0n) is 16.1. The average Bonchev–Trinajstić information content (AvgIpc) is 3.44. The maximum atomic E-state index is 13.4. The Morgan fingerprint density at radius 3 is 2.79 bits per heavy atom. The van der Waals surface area contributed by atoms with Crippen molar-refractivity contribution >= 4 is 17.4 Å². The molecular formula is C21H21FN6O. The van der Waals surface area contributed by atoms with E-state index in [1.165, 1.54) is 30.0 Å². The Balaban J connectivity index is 1.34. The van der Waals surface area contributed by atoms with Gasteiger partial charge < -0.3 is 9.80 Å². The molecule has 0 spiro atoms. The van der Waals surface area contributed by atoms with Crippen LogP contribution in [-0.4, -0.2) is 38.7 Å². The summed E-state index contributed by atoms with van der Waals surface area (Å²) in [6.07, 6.45) is 8.50. The fourth-order valence-corrected chi connectivity index (χ4v) is 4.04. The Bertz CT molecular complexity index is 1060. The molecule has 0 aliphatic carbocycles. The van der Waals surface area contributed by atoms with Crippen molar-refractivity contribution in [1.29, 1.82) is 0 Å². The highest BCUT2D eigenvalue weighted by Crippen LogP contribution is 2.29. The molecule has 0 unspecified atom stereocenters. The number of carbonyl (C=O) groups is 1. The molecule has 0 bridgehead atoms. The van der Waals surface area contributed by atoms with Gasteiger partial charge in [0.2, 0.25) is 0 Å². The minimum absolute atomic E-state index is 0.203. The lowest BCUT2D eigenvalue weighted by molar-refractivity contribution is 0.0996. The summed E-state index contributed by atoms with van der Waals surface area (Å²) in [6, 6.07) is 5.28. The van der Waals surface area contributed by atoms with Gasteiger partial charge in [0, 0.05) is 25.4 Å². The standard InChI is InChI=1S/C21H21FN6O/c1-2-14-5-6-26(11-14)20-4-3-16(10-24-20)28-12-18-19(25-28)13-27(21(18)29)17-7-15(22)8-23-9-17/h3-4,7-10,12,14H,2,5-6,11,13H2,1H3/t14-/m0/s1. The first-order valence-electron chi connectivity index (χ1n) is 9.84. The van der Waals surface area contributed by atoms with Crippen LogP contribution in [0.15, 0.2) is 43.0 Å². The summed E-state index contributed by atoms with van der Waals surface area (Å²) in [5.41, 5.74) is 2.42. The van der Waals surface area contributed by atoms with Crippen LogP contribution in [0.4, 0.5) is 15.9 Å². The minimum atomic E-state index is -0.473. The summed E-state index contributed by atoms with van der Waals surface area (Å²) in [5.74, 6) is 1.04. The number of halogens is 1. The van der Waals surface area contributed by atoms with Gasteiger partial charge in [-0.25, -0.2) is 14.1 Å². The molecule has 148 valence electrons. The Kier molecular flexibility index (Phi) is 4.26. The smallest absolute Gasteiger partial charge is 0.262 e. The van der Waals surface area contributed by atoms with Crippen molar-refractivity contribution in [2.75, 3.05) is 22.9 Å². The first kappa shape index (κ1) is 17.8. The Labute approximate surface area is 167 Å². The first-order valence-corrected chi connectivity index (χ1v) is 9.84. The third kappa shape index (κ3) is 3.14. The van der Waals surface area contributed by atoms with Gasteiger partial charge in [-0.05, 0) is 24.5 Å². The van der Waals surface area contributed by atoms with Gasteiger partial charge in [-0.1, -0.05) is 13.3 Å². The molecule has 3 aromatic rings. The normalized spacial score (nSPS) is 18.6. The Morgan fingerprint density at radius 1 is 1.21 bits per heavy atom. The summed E-state index contributed by atoms with van der Waals surface area (Å²) in [7, 11) is 0. The number of hydrogen-bond acceptors (Lipinski definition) is 5. The van der Waals surface area contributed by atoms with E-state index in [0.29, 0.717) is 23.5 Å². The average molecular weight is 392 g/mol. The summed E-state index contributed by atoms with van der Waals surface area (Å²) in [6.45, 7) is 4.62. The number of pyridine rings is 2. The lowest BCUT2D eigenvalue weighted by Gasteiger charge is -2.17. The third-order valence-electron chi connectivity index (χ3n) is 5.76. The van der Waals surface area contributed by atoms with E-state index in [9.17, 15) is 9.18 Å². The van der Waals surface area contributed by atoms with Gasteiger partial charge in [0.25, 0.3) is 5.91 Å². The molecule has 3 aromatic heterocycles. The molecule has 8 heteroatoms. The second-order valence-corrected chi connectivity index (χ2v) is 7.57. The maximum absolute atomic E-state index is 13.4. The highest BCUT2D eigenvalue weighted by Gasteiger charge is 2.32. The second kappa shape index (κ2) is 6.95. The van der Waals surface area contributed by atoms with Crippen LogP contribution in [-0.2, 0) is 6.54 Å². The van der Waals surface area contributed by atoms with Crippen LogP contribution in [0.2, 0.25) is 0 Å². The van der Waals surface area contributed by atoms with Gasteiger partial charge in [0.05, 0.1) is 47.8 Å². The van der Waals surface area contributed by atoms with E-state index < -0.39 is 5.82 Å². The lowest BCUT2D eigenvalue weighted by atomic mass is 10.1. The van der Waals surface area contributed by atoms with Crippen LogP contribution in [0.3, 0.4) is 0 Å². The zero-order valence-corrected chi connectivity index (χ0v) is 16.1. The number of anilines is 2. The summed E-state index contributed by atoms with van der Waals surface area (Å²) in [5, 5.41) is 4.55. The van der Waals surface area contributed by atoms with Gasteiger partial charge >= 0.3 is 0 Å². The van der Waals surface area contributed by atoms with Gasteiger partial charge in [0.15, 0.2) is 0 Å². The van der Waals surface area contributed by atoms with Crippen LogP contribution in [0.1, 0.15) is 35.8 Å². The fourth-order valence-electron chi connectivity index (χ4n) is 4.04. The number of rotatable bonds is 4. The molecule has 0 saturated carbocycles. The molecule has 1 amide bonds.